The molecule has 0 unspecified atom stereocenters. The zero-order chi connectivity index (χ0) is 22.3. The van der Waals surface area contributed by atoms with Crippen molar-refractivity contribution < 1.29 is 18.0 Å². The molecule has 31 heavy (non-hydrogen) atoms. The lowest BCUT2D eigenvalue weighted by Crippen LogP contribution is -2.30. The maximum absolute atomic E-state index is 13.3. The molecule has 0 spiro atoms. The molecule has 0 radical (unpaired) electrons. The number of pyridine rings is 1. The van der Waals surface area contributed by atoms with E-state index < -0.39 is 18.3 Å². The first-order valence-corrected chi connectivity index (χ1v) is 9.62. The Morgan fingerprint density at radius 1 is 1.16 bits per heavy atom. The number of rotatable bonds is 4. The Labute approximate surface area is 174 Å². The molecule has 0 aliphatic rings. The van der Waals surface area contributed by atoms with Crippen LogP contribution in [0.1, 0.15) is 24.2 Å². The second-order valence-electron chi connectivity index (χ2n) is 7.57. The van der Waals surface area contributed by atoms with Crippen LogP contribution in [0.15, 0.2) is 53.5 Å². The van der Waals surface area contributed by atoms with Crippen LogP contribution in [0.3, 0.4) is 0 Å². The molecule has 0 aliphatic carbocycles. The van der Waals surface area contributed by atoms with Crippen LogP contribution in [0, 0.1) is 0 Å². The SMILES string of the molecule is CC(C)NC(=O)c1ccccc1-c1ccc2c3[nH]ncc3c(=O)n(CC(F)(F)F)c2c1. The Morgan fingerprint density at radius 3 is 2.61 bits per heavy atom. The number of benzene rings is 2. The van der Waals surface area contributed by atoms with Gasteiger partial charge in [0.15, 0.2) is 0 Å². The smallest absolute Gasteiger partial charge is 0.350 e. The lowest BCUT2D eigenvalue weighted by atomic mass is 9.97. The van der Waals surface area contributed by atoms with E-state index in [0.717, 1.165) is 0 Å². The summed E-state index contributed by atoms with van der Waals surface area (Å²) in [6.45, 7) is 2.24. The Morgan fingerprint density at radius 2 is 1.90 bits per heavy atom. The number of hydrogen-bond acceptors (Lipinski definition) is 3. The van der Waals surface area contributed by atoms with Crippen molar-refractivity contribution in [2.45, 2.75) is 32.6 Å². The summed E-state index contributed by atoms with van der Waals surface area (Å²) in [5, 5.41) is 9.86. The molecule has 0 atom stereocenters. The number of fused-ring (bicyclic) bond motifs is 3. The second-order valence-corrected chi connectivity index (χ2v) is 7.57. The van der Waals surface area contributed by atoms with Crippen LogP contribution in [0.25, 0.3) is 32.9 Å². The molecule has 4 aromatic rings. The van der Waals surface area contributed by atoms with Crippen molar-refractivity contribution in [3.8, 4) is 11.1 Å². The quantitative estimate of drug-likeness (QED) is 0.510. The second kappa shape index (κ2) is 7.57. The predicted molar refractivity (Wildman–Crippen MR) is 112 cm³/mol. The van der Waals surface area contributed by atoms with Gasteiger partial charge in [0.25, 0.3) is 11.5 Å². The van der Waals surface area contributed by atoms with E-state index >= 15 is 0 Å². The highest BCUT2D eigenvalue weighted by molar-refractivity contribution is 6.06. The average molecular weight is 428 g/mol. The van der Waals surface area contributed by atoms with Gasteiger partial charge in [-0.3, -0.25) is 19.3 Å². The van der Waals surface area contributed by atoms with Crippen LogP contribution in [-0.2, 0) is 6.54 Å². The van der Waals surface area contributed by atoms with E-state index in [1.54, 1.807) is 36.4 Å². The van der Waals surface area contributed by atoms with E-state index in [1.165, 1.54) is 12.3 Å². The number of hydrogen-bond donors (Lipinski definition) is 2. The summed E-state index contributed by atoms with van der Waals surface area (Å²) in [5.41, 5.74) is 1.17. The van der Waals surface area contributed by atoms with Crippen molar-refractivity contribution in [3.05, 3.63) is 64.6 Å². The Kier molecular flexibility index (Phi) is 5.04. The number of alkyl halides is 3. The average Bonchev–Trinajstić information content (AvgIpc) is 3.20. The summed E-state index contributed by atoms with van der Waals surface area (Å²) in [5.74, 6) is -0.289. The highest BCUT2D eigenvalue weighted by Gasteiger charge is 2.30. The van der Waals surface area contributed by atoms with Crippen molar-refractivity contribution in [1.29, 1.82) is 0 Å². The van der Waals surface area contributed by atoms with Crippen LogP contribution in [-0.4, -0.2) is 32.9 Å². The summed E-state index contributed by atoms with van der Waals surface area (Å²) >= 11 is 0. The summed E-state index contributed by atoms with van der Waals surface area (Å²) < 4.78 is 40.5. The molecule has 9 heteroatoms. The van der Waals surface area contributed by atoms with Gasteiger partial charge in [0.1, 0.15) is 6.54 Å². The number of H-pyrrole nitrogens is 1. The normalized spacial score (nSPS) is 12.1. The number of nitrogens with one attached hydrogen (secondary N) is 2. The molecule has 0 bridgehead atoms. The van der Waals surface area contributed by atoms with Gasteiger partial charge in [-0.05, 0) is 37.1 Å². The van der Waals surface area contributed by atoms with E-state index in [0.29, 0.717) is 32.2 Å². The maximum Gasteiger partial charge on any atom is 0.406 e. The standard InChI is InChI=1S/C22H19F3N4O2/c1-12(2)27-20(30)15-6-4-3-5-14(15)13-7-8-16-18(9-13)29(11-22(23,24)25)21(31)17-10-26-28-19(16)17/h3-10,12H,11H2,1-2H3,(H,26,28)(H,27,30). The minimum Gasteiger partial charge on any atom is -0.350 e. The number of aromatic nitrogens is 3. The third-order valence-electron chi connectivity index (χ3n) is 4.91. The van der Waals surface area contributed by atoms with Crippen LogP contribution in [0.2, 0.25) is 0 Å². The fraction of sp³-hybridized carbons (Fsp3) is 0.227. The molecule has 2 heterocycles. The van der Waals surface area contributed by atoms with E-state index in [1.807, 2.05) is 13.8 Å². The molecular weight excluding hydrogens is 409 g/mol. The number of aromatic amines is 1. The number of nitrogens with zero attached hydrogens (tertiary/aromatic N) is 2. The maximum atomic E-state index is 13.3. The first-order valence-electron chi connectivity index (χ1n) is 9.62. The molecule has 0 fully saturated rings. The summed E-state index contributed by atoms with van der Waals surface area (Å²) in [4.78, 5) is 25.4. The van der Waals surface area contributed by atoms with Crippen molar-refractivity contribution in [3.63, 3.8) is 0 Å². The van der Waals surface area contributed by atoms with E-state index in [4.69, 9.17) is 0 Å². The van der Waals surface area contributed by atoms with Gasteiger partial charge in [-0.15, -0.1) is 0 Å². The van der Waals surface area contributed by atoms with Gasteiger partial charge in [0.05, 0.1) is 22.6 Å². The Bertz CT molecular complexity index is 1350. The van der Waals surface area contributed by atoms with E-state index in [9.17, 15) is 22.8 Å². The van der Waals surface area contributed by atoms with Crippen molar-refractivity contribution >= 4 is 27.7 Å². The van der Waals surface area contributed by atoms with Crippen LogP contribution in [0.4, 0.5) is 13.2 Å². The van der Waals surface area contributed by atoms with E-state index in [2.05, 4.69) is 15.5 Å². The van der Waals surface area contributed by atoms with Crippen molar-refractivity contribution in [2.24, 2.45) is 0 Å². The van der Waals surface area contributed by atoms with E-state index in [-0.39, 0.29) is 22.9 Å². The minimum atomic E-state index is -4.58. The molecule has 2 aromatic heterocycles. The molecule has 4 rings (SSSR count). The molecule has 2 aromatic carbocycles. The molecule has 6 nitrogen and oxygen atoms in total. The molecule has 1 amide bonds. The topological polar surface area (TPSA) is 79.8 Å². The first-order chi connectivity index (χ1) is 14.7. The summed E-state index contributed by atoms with van der Waals surface area (Å²) in [6.07, 6.45) is -3.36. The first kappa shape index (κ1) is 20.6. The third-order valence-corrected chi connectivity index (χ3v) is 4.91. The van der Waals surface area contributed by atoms with Crippen LogP contribution >= 0.6 is 0 Å². The Balaban J connectivity index is 1.97. The fourth-order valence-corrected chi connectivity index (χ4v) is 3.65. The zero-order valence-corrected chi connectivity index (χ0v) is 16.7. The molecule has 0 saturated carbocycles. The molecule has 160 valence electrons. The number of halogens is 3. The van der Waals surface area contributed by atoms with Crippen LogP contribution in [0.5, 0.6) is 0 Å². The van der Waals surface area contributed by atoms with Gasteiger partial charge in [-0.25, -0.2) is 0 Å². The summed E-state index contributed by atoms with van der Waals surface area (Å²) in [6, 6.07) is 11.6. The molecule has 2 N–H and O–H groups in total. The van der Waals surface area contributed by atoms with Gasteiger partial charge in [-0.2, -0.15) is 18.3 Å². The fourth-order valence-electron chi connectivity index (χ4n) is 3.65. The number of carbonyl (C=O) groups excluding carboxylic acids is 1. The highest BCUT2D eigenvalue weighted by Crippen LogP contribution is 2.30. The highest BCUT2D eigenvalue weighted by atomic mass is 19.4. The Hall–Kier alpha value is -3.62. The number of carbonyl (C=O) groups is 1. The minimum absolute atomic E-state index is 0.0808. The largest absolute Gasteiger partial charge is 0.406 e. The summed E-state index contributed by atoms with van der Waals surface area (Å²) in [7, 11) is 0. The molecule has 0 aliphatic heterocycles. The van der Waals surface area contributed by atoms with Crippen LogP contribution < -0.4 is 10.9 Å². The lowest BCUT2D eigenvalue weighted by Gasteiger charge is -2.16. The number of amides is 1. The van der Waals surface area contributed by atoms with Crippen molar-refractivity contribution in [1.82, 2.24) is 20.1 Å². The monoisotopic (exact) mass is 428 g/mol. The zero-order valence-electron chi connectivity index (χ0n) is 16.7. The molecular formula is C22H19F3N4O2. The van der Waals surface area contributed by atoms with Gasteiger partial charge < -0.3 is 5.32 Å². The van der Waals surface area contributed by atoms with Gasteiger partial charge in [0, 0.05) is 17.0 Å². The molecule has 0 saturated heterocycles. The van der Waals surface area contributed by atoms with Crippen molar-refractivity contribution in [2.75, 3.05) is 0 Å². The third kappa shape index (κ3) is 3.90. The van der Waals surface area contributed by atoms with Gasteiger partial charge in [0.2, 0.25) is 0 Å². The lowest BCUT2D eigenvalue weighted by molar-refractivity contribution is -0.140. The predicted octanol–water partition coefficient (Wildman–Crippen LogP) is 4.25. The van der Waals surface area contributed by atoms with Gasteiger partial charge >= 0.3 is 6.18 Å². The van der Waals surface area contributed by atoms with Gasteiger partial charge in [-0.1, -0.05) is 30.3 Å².